The van der Waals surface area contributed by atoms with Crippen LogP contribution in [-0.4, -0.2) is 24.8 Å². The second kappa shape index (κ2) is 4.22. The lowest BCUT2D eigenvalue weighted by Gasteiger charge is -2.07. The van der Waals surface area contributed by atoms with E-state index in [0.717, 1.165) is 21.3 Å². The molecule has 4 heteroatoms. The third-order valence-corrected chi connectivity index (χ3v) is 3.13. The molecular weight excluding hydrogens is 206 g/mol. The number of thiophene rings is 1. The summed E-state index contributed by atoms with van der Waals surface area (Å²) in [7, 11) is 3.95. The molecule has 0 aliphatic heterocycles. The Balaban J connectivity index is 2.90. The maximum atomic E-state index is 11.0. The number of rotatable bonds is 3. The fourth-order valence-corrected chi connectivity index (χ4v) is 2.18. The summed E-state index contributed by atoms with van der Waals surface area (Å²) in [4.78, 5) is 13.8. The van der Waals surface area contributed by atoms with Crippen molar-refractivity contribution in [2.75, 3.05) is 14.1 Å². The Bertz CT molecular complexity index is 319. The van der Waals surface area contributed by atoms with E-state index in [1.54, 1.807) is 6.92 Å². The van der Waals surface area contributed by atoms with Crippen LogP contribution in [0.5, 0.6) is 0 Å². The Morgan fingerprint density at radius 2 is 2.23 bits per heavy atom. The predicted octanol–water partition coefficient (Wildman–Crippen LogP) is 2.67. The minimum Gasteiger partial charge on any atom is -0.305 e. The van der Waals surface area contributed by atoms with E-state index in [1.165, 1.54) is 11.3 Å². The van der Waals surface area contributed by atoms with E-state index in [9.17, 15) is 4.79 Å². The molecule has 0 amide bonds. The zero-order chi connectivity index (χ0) is 10.0. The lowest BCUT2D eigenvalue weighted by molar-refractivity contribution is 0.102. The largest absolute Gasteiger partial charge is 0.305 e. The van der Waals surface area contributed by atoms with Gasteiger partial charge in [0.1, 0.15) is 0 Å². The average Bonchev–Trinajstić information content (AvgIpc) is 2.31. The molecule has 0 saturated heterocycles. The highest BCUT2D eigenvalue weighted by Crippen LogP contribution is 2.28. The van der Waals surface area contributed by atoms with Crippen LogP contribution in [0.15, 0.2) is 6.07 Å². The molecule has 0 bridgehead atoms. The lowest BCUT2D eigenvalue weighted by atomic mass is 10.2. The zero-order valence-corrected chi connectivity index (χ0v) is 9.50. The molecule has 1 aromatic rings. The van der Waals surface area contributed by atoms with Crippen molar-refractivity contribution in [3.05, 3.63) is 20.8 Å². The number of nitrogens with zero attached hydrogens (tertiary/aromatic N) is 1. The Morgan fingerprint density at radius 3 is 2.62 bits per heavy atom. The van der Waals surface area contributed by atoms with E-state index >= 15 is 0 Å². The summed E-state index contributed by atoms with van der Waals surface area (Å²) in [5.74, 6) is 0.0805. The summed E-state index contributed by atoms with van der Waals surface area (Å²) in [6.07, 6.45) is 0. The monoisotopic (exact) mass is 217 g/mol. The van der Waals surface area contributed by atoms with Crippen molar-refractivity contribution in [1.82, 2.24) is 4.90 Å². The summed E-state index contributed by atoms with van der Waals surface area (Å²) in [5, 5.41) is 0. The van der Waals surface area contributed by atoms with Crippen LogP contribution in [0.3, 0.4) is 0 Å². The van der Waals surface area contributed by atoms with Crippen LogP contribution in [0.2, 0.25) is 4.34 Å². The van der Waals surface area contributed by atoms with Gasteiger partial charge in [-0.15, -0.1) is 11.3 Å². The van der Waals surface area contributed by atoms with Crippen LogP contribution < -0.4 is 0 Å². The van der Waals surface area contributed by atoms with Gasteiger partial charge in [-0.1, -0.05) is 11.6 Å². The molecule has 72 valence electrons. The molecule has 0 fully saturated rings. The summed E-state index contributed by atoms with van der Waals surface area (Å²) in [5.41, 5.74) is 1.03. The highest BCUT2D eigenvalue weighted by atomic mass is 35.5. The van der Waals surface area contributed by atoms with E-state index in [4.69, 9.17) is 11.6 Å². The van der Waals surface area contributed by atoms with Gasteiger partial charge in [-0.2, -0.15) is 0 Å². The van der Waals surface area contributed by atoms with Crippen molar-refractivity contribution in [2.45, 2.75) is 13.5 Å². The predicted molar refractivity (Wildman–Crippen MR) is 56.7 cm³/mol. The molecule has 13 heavy (non-hydrogen) atoms. The number of halogens is 1. The normalized spacial score (nSPS) is 10.8. The first-order valence-corrected chi connectivity index (χ1v) is 5.14. The van der Waals surface area contributed by atoms with Crippen LogP contribution in [-0.2, 0) is 6.54 Å². The fraction of sp³-hybridized carbons (Fsp3) is 0.444. The number of carbonyl (C=O) groups excluding carboxylic acids is 1. The topological polar surface area (TPSA) is 20.3 Å². The third-order valence-electron chi connectivity index (χ3n) is 1.59. The standard InChI is InChI=1S/C9H12ClNOS/c1-6(12)8-4-7(5-11(2)3)9(10)13-8/h4H,5H2,1-3H3. The maximum absolute atomic E-state index is 11.0. The Hall–Kier alpha value is -0.380. The van der Waals surface area contributed by atoms with Gasteiger partial charge in [-0.3, -0.25) is 4.79 Å². The number of ketones is 1. The molecule has 0 spiro atoms. The molecule has 1 aromatic heterocycles. The molecule has 1 rings (SSSR count). The molecule has 0 atom stereocenters. The Kier molecular flexibility index (Phi) is 3.47. The molecule has 0 radical (unpaired) electrons. The quantitative estimate of drug-likeness (QED) is 0.726. The molecule has 0 unspecified atom stereocenters. The van der Waals surface area contributed by atoms with Gasteiger partial charge in [-0.25, -0.2) is 0 Å². The van der Waals surface area contributed by atoms with Gasteiger partial charge in [0.2, 0.25) is 0 Å². The van der Waals surface area contributed by atoms with E-state index in [2.05, 4.69) is 0 Å². The minimum atomic E-state index is 0.0805. The first-order valence-electron chi connectivity index (χ1n) is 3.94. The fourth-order valence-electron chi connectivity index (χ4n) is 1.03. The Morgan fingerprint density at radius 1 is 1.62 bits per heavy atom. The van der Waals surface area contributed by atoms with Gasteiger partial charge in [0, 0.05) is 6.54 Å². The zero-order valence-electron chi connectivity index (χ0n) is 7.93. The highest BCUT2D eigenvalue weighted by Gasteiger charge is 2.10. The number of hydrogen-bond donors (Lipinski definition) is 0. The van der Waals surface area contributed by atoms with Crippen LogP contribution in [0.1, 0.15) is 22.2 Å². The van der Waals surface area contributed by atoms with Gasteiger partial charge in [-0.05, 0) is 32.6 Å². The van der Waals surface area contributed by atoms with Crippen molar-refractivity contribution >= 4 is 28.7 Å². The minimum absolute atomic E-state index is 0.0805. The SMILES string of the molecule is CC(=O)c1cc(CN(C)C)c(Cl)s1. The first-order chi connectivity index (χ1) is 6.00. The van der Waals surface area contributed by atoms with Crippen LogP contribution >= 0.6 is 22.9 Å². The van der Waals surface area contributed by atoms with Gasteiger partial charge in [0.25, 0.3) is 0 Å². The molecule has 0 aliphatic rings. The molecule has 0 aromatic carbocycles. The van der Waals surface area contributed by atoms with Gasteiger partial charge in [0.05, 0.1) is 9.21 Å². The van der Waals surface area contributed by atoms with E-state index in [0.29, 0.717) is 0 Å². The number of carbonyl (C=O) groups is 1. The molecule has 2 nitrogen and oxygen atoms in total. The van der Waals surface area contributed by atoms with E-state index in [1.807, 2.05) is 25.1 Å². The second-order valence-corrected chi connectivity index (χ2v) is 4.86. The van der Waals surface area contributed by atoms with Crippen LogP contribution in [0.25, 0.3) is 0 Å². The highest BCUT2D eigenvalue weighted by molar-refractivity contribution is 7.18. The van der Waals surface area contributed by atoms with Crippen molar-refractivity contribution in [3.63, 3.8) is 0 Å². The van der Waals surface area contributed by atoms with Gasteiger partial charge >= 0.3 is 0 Å². The van der Waals surface area contributed by atoms with Gasteiger partial charge in [0.15, 0.2) is 5.78 Å². The van der Waals surface area contributed by atoms with Crippen molar-refractivity contribution in [1.29, 1.82) is 0 Å². The van der Waals surface area contributed by atoms with Crippen LogP contribution in [0, 0.1) is 0 Å². The summed E-state index contributed by atoms with van der Waals surface area (Å²) in [6.45, 7) is 2.34. The lowest BCUT2D eigenvalue weighted by Crippen LogP contribution is -2.10. The number of Topliss-reactive ketones (excluding diaryl/α,β-unsaturated/α-hetero) is 1. The first kappa shape index (κ1) is 10.7. The smallest absolute Gasteiger partial charge is 0.169 e. The maximum Gasteiger partial charge on any atom is 0.169 e. The average molecular weight is 218 g/mol. The Labute approximate surface area is 87.1 Å². The molecule has 0 N–H and O–H groups in total. The van der Waals surface area contributed by atoms with Crippen molar-refractivity contribution in [3.8, 4) is 0 Å². The molecular formula is C9H12ClNOS. The molecule has 1 heterocycles. The second-order valence-electron chi connectivity index (χ2n) is 3.20. The molecule has 0 aliphatic carbocycles. The summed E-state index contributed by atoms with van der Waals surface area (Å²) >= 11 is 7.33. The number of hydrogen-bond acceptors (Lipinski definition) is 3. The van der Waals surface area contributed by atoms with Crippen molar-refractivity contribution < 1.29 is 4.79 Å². The van der Waals surface area contributed by atoms with Crippen molar-refractivity contribution in [2.24, 2.45) is 0 Å². The summed E-state index contributed by atoms with van der Waals surface area (Å²) < 4.78 is 0.721. The third kappa shape index (κ3) is 2.79. The summed E-state index contributed by atoms with van der Waals surface area (Å²) in [6, 6.07) is 1.87. The van der Waals surface area contributed by atoms with E-state index in [-0.39, 0.29) is 5.78 Å². The molecule has 0 saturated carbocycles. The van der Waals surface area contributed by atoms with Crippen LogP contribution in [0.4, 0.5) is 0 Å². The van der Waals surface area contributed by atoms with Gasteiger partial charge < -0.3 is 4.90 Å². The van der Waals surface area contributed by atoms with E-state index < -0.39 is 0 Å².